The van der Waals surface area contributed by atoms with E-state index < -0.39 is 5.97 Å². The number of imidazole rings is 1. The van der Waals surface area contributed by atoms with Crippen LogP contribution < -0.4 is 10.6 Å². The van der Waals surface area contributed by atoms with Gasteiger partial charge in [0.2, 0.25) is 0 Å². The molecule has 0 saturated heterocycles. The predicted molar refractivity (Wildman–Crippen MR) is 75.9 cm³/mol. The van der Waals surface area contributed by atoms with Gasteiger partial charge in [0.25, 0.3) is 0 Å². The van der Waals surface area contributed by atoms with E-state index in [0.717, 1.165) is 5.56 Å². The number of amides is 2. The third kappa shape index (κ3) is 4.64. The topological polar surface area (TPSA) is 96.3 Å². The monoisotopic (exact) mass is 288 g/mol. The number of hydrogen-bond donors (Lipinski definition) is 3. The second-order valence-corrected chi connectivity index (χ2v) is 4.41. The molecular formula is C14H16N4O3. The lowest BCUT2D eigenvalue weighted by Crippen LogP contribution is -2.36. The first kappa shape index (κ1) is 14.6. The van der Waals surface area contributed by atoms with Gasteiger partial charge in [-0.25, -0.2) is 14.6 Å². The number of hydrogen-bond acceptors (Lipinski definition) is 3. The maximum Gasteiger partial charge on any atom is 0.335 e. The van der Waals surface area contributed by atoms with Crippen LogP contribution in [0.15, 0.2) is 43.0 Å². The van der Waals surface area contributed by atoms with Crippen LogP contribution in [0.25, 0.3) is 0 Å². The standard InChI is InChI=1S/C14H16N4O3/c19-13(20)12-3-1-11(2-4-12)9-17-14(21)16-6-8-18-7-5-15-10-18/h1-5,7,10H,6,8-9H2,(H,19,20)(H2,16,17,21). The number of urea groups is 1. The molecule has 21 heavy (non-hydrogen) atoms. The minimum atomic E-state index is -0.966. The first-order valence-electron chi connectivity index (χ1n) is 6.45. The molecule has 0 aliphatic carbocycles. The van der Waals surface area contributed by atoms with Crippen LogP contribution in [0.5, 0.6) is 0 Å². The molecule has 1 aromatic carbocycles. The molecule has 0 aliphatic rings. The summed E-state index contributed by atoms with van der Waals surface area (Å²) in [5, 5.41) is 14.2. The molecule has 1 heterocycles. The first-order valence-corrected chi connectivity index (χ1v) is 6.45. The van der Waals surface area contributed by atoms with E-state index in [4.69, 9.17) is 5.11 Å². The zero-order chi connectivity index (χ0) is 15.1. The van der Waals surface area contributed by atoms with Crippen LogP contribution >= 0.6 is 0 Å². The molecule has 0 radical (unpaired) electrons. The molecule has 110 valence electrons. The molecule has 0 bridgehead atoms. The second-order valence-electron chi connectivity index (χ2n) is 4.41. The van der Waals surface area contributed by atoms with Crippen molar-refractivity contribution in [2.24, 2.45) is 0 Å². The van der Waals surface area contributed by atoms with Crippen LogP contribution in [-0.2, 0) is 13.1 Å². The van der Waals surface area contributed by atoms with Gasteiger partial charge in [0.1, 0.15) is 0 Å². The smallest absolute Gasteiger partial charge is 0.335 e. The number of carboxylic acid groups (broad SMARTS) is 1. The lowest BCUT2D eigenvalue weighted by atomic mass is 10.1. The lowest BCUT2D eigenvalue weighted by Gasteiger charge is -2.08. The Balaban J connectivity index is 1.69. The number of nitrogens with one attached hydrogen (secondary N) is 2. The second kappa shape index (κ2) is 7.09. The number of aromatic nitrogens is 2. The Kier molecular flexibility index (Phi) is 4.92. The van der Waals surface area contributed by atoms with Crippen LogP contribution in [-0.4, -0.2) is 33.2 Å². The molecule has 0 spiro atoms. The Hall–Kier alpha value is -2.83. The number of carbonyl (C=O) groups excluding carboxylic acids is 1. The average Bonchev–Trinajstić information content (AvgIpc) is 2.99. The van der Waals surface area contributed by atoms with Crippen molar-refractivity contribution in [3.05, 3.63) is 54.1 Å². The average molecular weight is 288 g/mol. The van der Waals surface area contributed by atoms with Gasteiger partial charge in [-0.15, -0.1) is 0 Å². The van der Waals surface area contributed by atoms with E-state index in [0.29, 0.717) is 19.6 Å². The molecule has 0 fully saturated rings. The van der Waals surface area contributed by atoms with Crippen molar-refractivity contribution in [1.82, 2.24) is 20.2 Å². The quantitative estimate of drug-likeness (QED) is 0.741. The van der Waals surface area contributed by atoms with E-state index in [9.17, 15) is 9.59 Å². The molecule has 7 nitrogen and oxygen atoms in total. The van der Waals surface area contributed by atoms with E-state index in [1.165, 1.54) is 12.1 Å². The minimum absolute atomic E-state index is 0.225. The molecule has 0 atom stereocenters. The summed E-state index contributed by atoms with van der Waals surface area (Å²) >= 11 is 0. The van der Waals surface area contributed by atoms with Crippen LogP contribution in [0.3, 0.4) is 0 Å². The summed E-state index contributed by atoms with van der Waals surface area (Å²) in [6.07, 6.45) is 5.19. The van der Waals surface area contributed by atoms with Crippen molar-refractivity contribution >= 4 is 12.0 Å². The fourth-order valence-electron chi connectivity index (χ4n) is 1.73. The van der Waals surface area contributed by atoms with E-state index in [-0.39, 0.29) is 11.6 Å². The predicted octanol–water partition coefficient (Wildman–Crippen LogP) is 1.08. The van der Waals surface area contributed by atoms with Crippen molar-refractivity contribution in [3.8, 4) is 0 Å². The molecule has 0 aliphatic heterocycles. The summed E-state index contributed by atoms with van der Waals surface area (Å²) in [4.78, 5) is 26.2. The Morgan fingerprint density at radius 1 is 1.19 bits per heavy atom. The Morgan fingerprint density at radius 3 is 2.57 bits per heavy atom. The highest BCUT2D eigenvalue weighted by molar-refractivity contribution is 5.87. The highest BCUT2D eigenvalue weighted by atomic mass is 16.4. The normalized spacial score (nSPS) is 10.1. The van der Waals surface area contributed by atoms with Gasteiger partial charge >= 0.3 is 12.0 Å². The number of benzene rings is 1. The molecule has 0 unspecified atom stereocenters. The SMILES string of the molecule is O=C(NCCn1ccnc1)NCc1ccc(C(=O)O)cc1. The van der Waals surface area contributed by atoms with Crippen molar-refractivity contribution in [2.45, 2.75) is 13.1 Å². The number of aromatic carboxylic acids is 1. The molecule has 2 amide bonds. The Morgan fingerprint density at radius 2 is 1.95 bits per heavy atom. The number of nitrogens with zero attached hydrogens (tertiary/aromatic N) is 2. The van der Waals surface area contributed by atoms with Gasteiger partial charge in [-0.3, -0.25) is 0 Å². The zero-order valence-electron chi connectivity index (χ0n) is 11.3. The fourth-order valence-corrected chi connectivity index (χ4v) is 1.73. The molecule has 1 aromatic heterocycles. The van der Waals surface area contributed by atoms with E-state index in [1.807, 2.05) is 10.8 Å². The minimum Gasteiger partial charge on any atom is -0.478 e. The summed E-state index contributed by atoms with van der Waals surface area (Å²) in [7, 11) is 0. The van der Waals surface area contributed by atoms with Gasteiger partial charge in [0.15, 0.2) is 0 Å². The summed E-state index contributed by atoms with van der Waals surface area (Å²) in [5.74, 6) is -0.966. The number of carboxylic acids is 1. The molecule has 2 rings (SSSR count). The van der Waals surface area contributed by atoms with E-state index >= 15 is 0 Å². The molecule has 3 N–H and O–H groups in total. The van der Waals surface area contributed by atoms with Crippen LogP contribution in [0.1, 0.15) is 15.9 Å². The van der Waals surface area contributed by atoms with Gasteiger partial charge in [0, 0.05) is 32.0 Å². The largest absolute Gasteiger partial charge is 0.478 e. The zero-order valence-corrected chi connectivity index (χ0v) is 11.3. The third-order valence-electron chi connectivity index (χ3n) is 2.87. The third-order valence-corrected chi connectivity index (χ3v) is 2.87. The van der Waals surface area contributed by atoms with Crippen LogP contribution in [0.4, 0.5) is 4.79 Å². The van der Waals surface area contributed by atoms with Crippen LogP contribution in [0.2, 0.25) is 0 Å². The van der Waals surface area contributed by atoms with Crippen molar-refractivity contribution < 1.29 is 14.7 Å². The van der Waals surface area contributed by atoms with Gasteiger partial charge < -0.3 is 20.3 Å². The number of carbonyl (C=O) groups is 2. The molecular weight excluding hydrogens is 272 g/mol. The molecule has 0 saturated carbocycles. The maximum absolute atomic E-state index is 11.6. The fraction of sp³-hybridized carbons (Fsp3) is 0.214. The first-order chi connectivity index (χ1) is 10.1. The van der Waals surface area contributed by atoms with Gasteiger partial charge in [-0.1, -0.05) is 12.1 Å². The summed E-state index contributed by atoms with van der Waals surface area (Å²) in [6, 6.07) is 6.11. The Bertz CT molecular complexity index is 593. The van der Waals surface area contributed by atoms with Gasteiger partial charge in [-0.05, 0) is 17.7 Å². The molecule has 2 aromatic rings. The highest BCUT2D eigenvalue weighted by Gasteiger charge is 2.03. The van der Waals surface area contributed by atoms with Crippen molar-refractivity contribution in [1.29, 1.82) is 0 Å². The highest BCUT2D eigenvalue weighted by Crippen LogP contribution is 2.04. The number of rotatable bonds is 6. The van der Waals surface area contributed by atoms with Gasteiger partial charge in [0.05, 0.1) is 11.9 Å². The van der Waals surface area contributed by atoms with E-state index in [1.54, 1.807) is 24.7 Å². The summed E-state index contributed by atoms with van der Waals surface area (Å²) < 4.78 is 1.87. The van der Waals surface area contributed by atoms with Crippen LogP contribution in [0, 0.1) is 0 Å². The molecule has 7 heteroatoms. The summed E-state index contributed by atoms with van der Waals surface area (Å²) in [6.45, 7) is 1.50. The summed E-state index contributed by atoms with van der Waals surface area (Å²) in [5.41, 5.74) is 1.06. The van der Waals surface area contributed by atoms with E-state index in [2.05, 4.69) is 15.6 Å². The Labute approximate surface area is 121 Å². The van der Waals surface area contributed by atoms with Crippen molar-refractivity contribution in [2.75, 3.05) is 6.54 Å². The van der Waals surface area contributed by atoms with Gasteiger partial charge in [-0.2, -0.15) is 0 Å². The maximum atomic E-state index is 11.6. The van der Waals surface area contributed by atoms with Crippen molar-refractivity contribution in [3.63, 3.8) is 0 Å². The lowest BCUT2D eigenvalue weighted by molar-refractivity contribution is 0.0697.